The molecule has 2 heterocycles. The zero-order valence-electron chi connectivity index (χ0n) is 14.4. The lowest BCUT2D eigenvalue weighted by Gasteiger charge is -2.50. The summed E-state index contributed by atoms with van der Waals surface area (Å²) in [5, 5.41) is 0. The van der Waals surface area contributed by atoms with Gasteiger partial charge in [0.1, 0.15) is 12.6 Å². The Kier molecular flexibility index (Phi) is 4.34. The van der Waals surface area contributed by atoms with Crippen molar-refractivity contribution in [2.24, 2.45) is 11.8 Å². The fourth-order valence-corrected chi connectivity index (χ4v) is 5.77. The predicted octanol–water partition coefficient (Wildman–Crippen LogP) is 4.30. The summed E-state index contributed by atoms with van der Waals surface area (Å²) in [4.78, 5) is 0. The summed E-state index contributed by atoms with van der Waals surface area (Å²) in [5.74, 6) is 1.53. The molecule has 0 N–H and O–H groups in total. The second-order valence-electron chi connectivity index (χ2n) is 8.66. The van der Waals surface area contributed by atoms with Crippen molar-refractivity contribution in [3.8, 4) is 0 Å². The first kappa shape index (κ1) is 15.2. The Morgan fingerprint density at radius 3 is 2.59 bits per heavy atom. The summed E-state index contributed by atoms with van der Waals surface area (Å²) in [6.07, 6.45) is 17.6. The number of nitrogens with zero attached hydrogens (tertiary/aromatic N) is 1. The van der Waals surface area contributed by atoms with Gasteiger partial charge in [0.15, 0.2) is 0 Å². The highest BCUT2D eigenvalue weighted by atomic mass is 16.5. The minimum absolute atomic E-state index is 0.508. The van der Waals surface area contributed by atoms with E-state index in [4.69, 9.17) is 4.74 Å². The van der Waals surface area contributed by atoms with Crippen LogP contribution in [-0.4, -0.2) is 43.4 Å². The van der Waals surface area contributed by atoms with Crippen LogP contribution in [0.25, 0.3) is 0 Å². The summed E-state index contributed by atoms with van der Waals surface area (Å²) in [5.41, 5.74) is 1.83. The number of piperidine rings is 1. The zero-order chi connectivity index (χ0) is 15.0. The van der Waals surface area contributed by atoms with Gasteiger partial charge in [0.25, 0.3) is 0 Å². The van der Waals surface area contributed by atoms with Crippen LogP contribution in [0.2, 0.25) is 0 Å². The highest BCUT2D eigenvalue weighted by molar-refractivity contribution is 5.20. The van der Waals surface area contributed by atoms with Gasteiger partial charge in [-0.15, -0.1) is 0 Å². The Morgan fingerprint density at radius 1 is 0.955 bits per heavy atom. The molecule has 0 aromatic rings. The maximum atomic E-state index is 6.77. The molecule has 2 aliphatic heterocycles. The van der Waals surface area contributed by atoms with E-state index in [1.54, 1.807) is 0 Å². The predicted molar refractivity (Wildman–Crippen MR) is 90.7 cm³/mol. The first-order chi connectivity index (χ1) is 10.8. The van der Waals surface area contributed by atoms with Crippen molar-refractivity contribution in [1.82, 2.24) is 0 Å². The van der Waals surface area contributed by atoms with Crippen LogP contribution in [0.5, 0.6) is 0 Å². The molecule has 0 radical (unpaired) electrons. The molecule has 0 bridgehead atoms. The molecule has 0 aromatic carbocycles. The second kappa shape index (κ2) is 6.28. The quantitative estimate of drug-likeness (QED) is 0.546. The molecule has 0 unspecified atom stereocenters. The minimum atomic E-state index is 0.508. The van der Waals surface area contributed by atoms with Gasteiger partial charge >= 0.3 is 0 Å². The molecule has 2 saturated heterocycles. The summed E-state index contributed by atoms with van der Waals surface area (Å²) in [6.45, 7) is 4.02. The van der Waals surface area contributed by atoms with Crippen LogP contribution in [0.15, 0.2) is 11.6 Å². The van der Waals surface area contributed by atoms with E-state index in [0.717, 1.165) is 11.8 Å². The van der Waals surface area contributed by atoms with Gasteiger partial charge < -0.3 is 9.22 Å². The molecule has 124 valence electrons. The molecule has 2 heteroatoms. The monoisotopic (exact) mass is 304 g/mol. The zero-order valence-corrected chi connectivity index (χ0v) is 14.4. The topological polar surface area (TPSA) is 9.23 Å². The van der Waals surface area contributed by atoms with Gasteiger partial charge in [-0.3, -0.25) is 0 Å². The van der Waals surface area contributed by atoms with Crippen molar-refractivity contribution in [3.05, 3.63) is 11.6 Å². The van der Waals surface area contributed by atoms with Crippen molar-refractivity contribution in [2.75, 3.05) is 26.7 Å². The van der Waals surface area contributed by atoms with E-state index in [0.29, 0.717) is 12.2 Å². The summed E-state index contributed by atoms with van der Waals surface area (Å²) >= 11 is 0. The van der Waals surface area contributed by atoms with Gasteiger partial charge in [0, 0.05) is 11.8 Å². The Bertz CT molecular complexity index is 423. The van der Waals surface area contributed by atoms with Crippen molar-refractivity contribution < 1.29 is 9.22 Å². The summed E-state index contributed by atoms with van der Waals surface area (Å²) in [7, 11) is 2.49. The highest BCUT2D eigenvalue weighted by Crippen LogP contribution is 2.46. The molecule has 4 atom stereocenters. The van der Waals surface area contributed by atoms with Gasteiger partial charge in [-0.1, -0.05) is 24.5 Å². The Hall–Kier alpha value is -0.340. The molecule has 0 spiro atoms. The summed E-state index contributed by atoms with van der Waals surface area (Å²) in [6, 6.07) is 0. The average molecular weight is 304 g/mol. The SMILES string of the molecule is C[N+]1(C[C@@H]2O[C@H]3CCCC[C@H]3C3=CCCC[C@H]32)CCCCC1. The van der Waals surface area contributed by atoms with E-state index in [9.17, 15) is 0 Å². The Balaban J connectivity index is 1.53. The van der Waals surface area contributed by atoms with Gasteiger partial charge in [-0.2, -0.15) is 0 Å². The van der Waals surface area contributed by atoms with Crippen molar-refractivity contribution >= 4 is 0 Å². The van der Waals surface area contributed by atoms with Gasteiger partial charge in [0.2, 0.25) is 0 Å². The molecule has 2 nitrogen and oxygen atoms in total. The number of rotatable bonds is 2. The fourth-order valence-electron chi connectivity index (χ4n) is 5.77. The van der Waals surface area contributed by atoms with E-state index >= 15 is 0 Å². The number of allylic oxidation sites excluding steroid dienone is 1. The molecule has 4 rings (SSSR count). The number of hydrogen-bond acceptors (Lipinski definition) is 1. The van der Waals surface area contributed by atoms with Gasteiger partial charge in [-0.25, -0.2) is 0 Å². The average Bonchev–Trinajstić information content (AvgIpc) is 2.55. The van der Waals surface area contributed by atoms with Crippen molar-refractivity contribution in [3.63, 3.8) is 0 Å². The summed E-state index contributed by atoms with van der Waals surface area (Å²) < 4.78 is 8.04. The number of hydrogen-bond donors (Lipinski definition) is 0. The first-order valence-electron chi connectivity index (χ1n) is 9.94. The minimum Gasteiger partial charge on any atom is -0.368 e. The molecule has 2 aliphatic carbocycles. The number of likely N-dealkylation sites (N-methyl/N-ethyl adjacent to an activating group) is 1. The number of ether oxygens (including phenoxy) is 1. The third kappa shape index (κ3) is 2.89. The van der Waals surface area contributed by atoms with Crippen molar-refractivity contribution in [1.29, 1.82) is 0 Å². The van der Waals surface area contributed by atoms with E-state index < -0.39 is 0 Å². The lowest BCUT2D eigenvalue weighted by Crippen LogP contribution is -2.57. The first-order valence-corrected chi connectivity index (χ1v) is 9.94. The van der Waals surface area contributed by atoms with Crippen molar-refractivity contribution in [2.45, 2.75) is 76.4 Å². The van der Waals surface area contributed by atoms with E-state index in [1.807, 2.05) is 5.57 Å². The second-order valence-corrected chi connectivity index (χ2v) is 8.66. The molecule has 0 amide bonds. The van der Waals surface area contributed by atoms with Gasteiger partial charge in [0.05, 0.1) is 26.2 Å². The maximum absolute atomic E-state index is 6.77. The van der Waals surface area contributed by atoms with E-state index in [2.05, 4.69) is 13.1 Å². The lowest BCUT2D eigenvalue weighted by atomic mass is 9.69. The third-order valence-corrected chi connectivity index (χ3v) is 6.97. The lowest BCUT2D eigenvalue weighted by molar-refractivity contribution is -0.917. The molecule has 4 aliphatic rings. The largest absolute Gasteiger partial charge is 0.368 e. The molecular formula is C20H34NO+. The number of likely N-dealkylation sites (tertiary alicyclic amines) is 1. The number of fused-ring (bicyclic) bond motifs is 3. The Morgan fingerprint density at radius 2 is 1.73 bits per heavy atom. The fraction of sp³-hybridized carbons (Fsp3) is 0.900. The molecule has 1 saturated carbocycles. The van der Waals surface area contributed by atoms with E-state index in [-0.39, 0.29) is 0 Å². The van der Waals surface area contributed by atoms with Crippen LogP contribution in [0.4, 0.5) is 0 Å². The molecule has 0 aromatic heterocycles. The van der Waals surface area contributed by atoms with E-state index in [1.165, 1.54) is 88.3 Å². The molecule has 3 fully saturated rings. The Labute approximate surface area is 136 Å². The molecular weight excluding hydrogens is 270 g/mol. The number of quaternary nitrogens is 1. The van der Waals surface area contributed by atoms with Crippen LogP contribution in [0, 0.1) is 11.8 Å². The van der Waals surface area contributed by atoms with Crippen LogP contribution < -0.4 is 0 Å². The van der Waals surface area contributed by atoms with Crippen LogP contribution >= 0.6 is 0 Å². The molecule has 22 heavy (non-hydrogen) atoms. The standard InChI is InChI=1S/C20H34NO/c1-21(13-7-2-8-14-21)15-20-18-11-4-3-9-16(18)17-10-5-6-12-19(17)22-20/h9,17-20H,2-8,10-15H2,1H3/q+1/t17-,18+,19-,20-/m0/s1. The van der Waals surface area contributed by atoms with Gasteiger partial charge in [-0.05, 0) is 51.4 Å². The van der Waals surface area contributed by atoms with Crippen LogP contribution in [0.3, 0.4) is 0 Å². The smallest absolute Gasteiger partial charge is 0.113 e. The highest BCUT2D eigenvalue weighted by Gasteiger charge is 2.45. The third-order valence-electron chi connectivity index (χ3n) is 6.97. The normalized spacial score (nSPS) is 41.2. The maximum Gasteiger partial charge on any atom is 0.113 e. The van der Waals surface area contributed by atoms with Crippen LogP contribution in [0.1, 0.15) is 64.2 Å². The van der Waals surface area contributed by atoms with Crippen LogP contribution in [-0.2, 0) is 4.74 Å².